The molecule has 1 aromatic heterocycles. The Labute approximate surface area is 125 Å². The molecule has 20 heavy (non-hydrogen) atoms. The molecule has 2 heterocycles. The van der Waals surface area contributed by atoms with Gasteiger partial charge in [0.2, 0.25) is 0 Å². The number of nitrogens with one attached hydrogen (secondary N) is 1. The topological polar surface area (TPSA) is 15.3 Å². The number of anilines is 2. The van der Waals surface area contributed by atoms with Crippen LogP contribution in [0.5, 0.6) is 0 Å². The maximum Gasteiger partial charge on any atom is 0.0367 e. The molecule has 2 nitrogen and oxygen atoms in total. The average molecular weight is 286 g/mol. The van der Waals surface area contributed by atoms with Crippen molar-refractivity contribution in [3.8, 4) is 0 Å². The summed E-state index contributed by atoms with van der Waals surface area (Å²) in [5.41, 5.74) is 4.02. The molecule has 0 aliphatic carbocycles. The van der Waals surface area contributed by atoms with Crippen molar-refractivity contribution in [2.75, 3.05) is 29.9 Å². The van der Waals surface area contributed by atoms with Gasteiger partial charge in [0.1, 0.15) is 0 Å². The molecule has 1 saturated heterocycles. The van der Waals surface area contributed by atoms with Crippen LogP contribution >= 0.6 is 11.3 Å². The quantitative estimate of drug-likeness (QED) is 0.876. The normalized spacial score (nSPS) is 15.3. The lowest BCUT2D eigenvalue weighted by Crippen LogP contribution is -2.29. The summed E-state index contributed by atoms with van der Waals surface area (Å²) >= 11 is 1.77. The molecule has 0 bridgehead atoms. The van der Waals surface area contributed by atoms with Crippen molar-refractivity contribution < 1.29 is 0 Å². The first-order chi connectivity index (χ1) is 9.92. The van der Waals surface area contributed by atoms with Gasteiger partial charge in [-0.05, 0) is 72.3 Å². The third-order valence-electron chi connectivity index (χ3n) is 3.91. The van der Waals surface area contributed by atoms with Gasteiger partial charge in [-0.1, -0.05) is 0 Å². The van der Waals surface area contributed by atoms with E-state index in [2.05, 4.69) is 51.3 Å². The zero-order valence-corrected chi connectivity index (χ0v) is 12.7. The van der Waals surface area contributed by atoms with Crippen LogP contribution in [-0.4, -0.2) is 19.6 Å². The van der Waals surface area contributed by atoms with Crippen molar-refractivity contribution in [3.63, 3.8) is 0 Å². The summed E-state index contributed by atoms with van der Waals surface area (Å²) in [6.07, 6.45) is 5.15. The summed E-state index contributed by atoms with van der Waals surface area (Å²) < 4.78 is 0. The Bertz CT molecular complexity index is 498. The molecule has 3 heteroatoms. The molecule has 1 N–H and O–H groups in total. The molecule has 2 aromatic rings. The van der Waals surface area contributed by atoms with Gasteiger partial charge in [0.05, 0.1) is 0 Å². The number of piperidine rings is 1. The SMILES string of the molecule is c1cc(CCNc2ccc(N3CCCCC3)cc2)cs1. The third kappa shape index (κ3) is 3.54. The van der Waals surface area contributed by atoms with Crippen molar-refractivity contribution in [2.24, 2.45) is 0 Å². The van der Waals surface area contributed by atoms with Crippen molar-refractivity contribution in [1.29, 1.82) is 0 Å². The average Bonchev–Trinajstić information content (AvgIpc) is 3.02. The van der Waals surface area contributed by atoms with Crippen LogP contribution in [0.4, 0.5) is 11.4 Å². The summed E-state index contributed by atoms with van der Waals surface area (Å²) in [7, 11) is 0. The molecule has 1 aliphatic rings. The molecule has 0 atom stereocenters. The highest BCUT2D eigenvalue weighted by Gasteiger charge is 2.10. The van der Waals surface area contributed by atoms with Gasteiger partial charge in [-0.25, -0.2) is 0 Å². The van der Waals surface area contributed by atoms with Gasteiger partial charge in [0.15, 0.2) is 0 Å². The number of benzene rings is 1. The van der Waals surface area contributed by atoms with E-state index >= 15 is 0 Å². The van der Waals surface area contributed by atoms with E-state index in [4.69, 9.17) is 0 Å². The summed E-state index contributed by atoms with van der Waals surface area (Å²) in [6.45, 7) is 3.43. The predicted molar refractivity (Wildman–Crippen MR) is 89.0 cm³/mol. The van der Waals surface area contributed by atoms with E-state index < -0.39 is 0 Å². The Morgan fingerprint density at radius 3 is 2.50 bits per heavy atom. The van der Waals surface area contributed by atoms with E-state index in [-0.39, 0.29) is 0 Å². The Kier molecular flexibility index (Phi) is 4.59. The van der Waals surface area contributed by atoms with E-state index in [1.165, 1.54) is 49.3 Å². The van der Waals surface area contributed by atoms with E-state index in [0.717, 1.165) is 13.0 Å². The largest absolute Gasteiger partial charge is 0.385 e. The summed E-state index contributed by atoms with van der Waals surface area (Å²) in [5, 5.41) is 7.86. The monoisotopic (exact) mass is 286 g/mol. The lowest BCUT2D eigenvalue weighted by Gasteiger charge is -2.28. The number of thiophene rings is 1. The third-order valence-corrected chi connectivity index (χ3v) is 4.64. The predicted octanol–water partition coefficient (Wildman–Crippen LogP) is 4.39. The molecule has 1 aromatic carbocycles. The van der Waals surface area contributed by atoms with Gasteiger partial charge in [0.25, 0.3) is 0 Å². The Balaban J connectivity index is 1.50. The molecule has 0 saturated carbocycles. The van der Waals surface area contributed by atoms with E-state index in [1.807, 2.05) is 0 Å². The number of nitrogens with zero attached hydrogens (tertiary/aromatic N) is 1. The lowest BCUT2D eigenvalue weighted by molar-refractivity contribution is 0.578. The number of hydrogen-bond donors (Lipinski definition) is 1. The Hall–Kier alpha value is -1.48. The van der Waals surface area contributed by atoms with Crippen LogP contribution in [0.15, 0.2) is 41.1 Å². The van der Waals surface area contributed by atoms with Crippen LogP contribution in [0.25, 0.3) is 0 Å². The second-order valence-corrected chi connectivity index (χ2v) is 6.18. The van der Waals surface area contributed by atoms with Gasteiger partial charge in [-0.3, -0.25) is 0 Å². The minimum absolute atomic E-state index is 1.000. The Morgan fingerprint density at radius 2 is 1.80 bits per heavy atom. The first-order valence-electron chi connectivity index (χ1n) is 7.52. The molecule has 0 radical (unpaired) electrons. The van der Waals surface area contributed by atoms with Gasteiger partial charge < -0.3 is 10.2 Å². The smallest absolute Gasteiger partial charge is 0.0367 e. The first kappa shape index (κ1) is 13.5. The zero-order valence-electron chi connectivity index (χ0n) is 11.8. The number of hydrogen-bond acceptors (Lipinski definition) is 3. The highest BCUT2D eigenvalue weighted by molar-refractivity contribution is 7.07. The molecular weight excluding hydrogens is 264 g/mol. The Morgan fingerprint density at radius 1 is 1.00 bits per heavy atom. The molecule has 0 spiro atoms. The molecule has 1 fully saturated rings. The van der Waals surface area contributed by atoms with Gasteiger partial charge in [-0.15, -0.1) is 0 Å². The second kappa shape index (κ2) is 6.80. The van der Waals surface area contributed by atoms with Crippen LogP contribution in [0.2, 0.25) is 0 Å². The fourth-order valence-electron chi connectivity index (χ4n) is 2.73. The molecule has 106 valence electrons. The zero-order chi connectivity index (χ0) is 13.6. The minimum Gasteiger partial charge on any atom is -0.385 e. The molecule has 1 aliphatic heterocycles. The van der Waals surface area contributed by atoms with Crippen LogP contribution < -0.4 is 10.2 Å². The van der Waals surface area contributed by atoms with Gasteiger partial charge in [-0.2, -0.15) is 11.3 Å². The van der Waals surface area contributed by atoms with Crippen LogP contribution in [0, 0.1) is 0 Å². The van der Waals surface area contributed by atoms with Crippen LogP contribution in [-0.2, 0) is 6.42 Å². The first-order valence-corrected chi connectivity index (χ1v) is 8.46. The summed E-state index contributed by atoms with van der Waals surface area (Å²) in [6, 6.07) is 11.1. The highest BCUT2D eigenvalue weighted by atomic mass is 32.1. The molecule has 0 amide bonds. The van der Waals surface area contributed by atoms with E-state index in [0.29, 0.717) is 0 Å². The standard InChI is InChI=1S/C17H22N2S/c1-2-11-19(12-3-1)17-6-4-16(5-7-17)18-10-8-15-9-13-20-14-15/h4-7,9,13-14,18H,1-3,8,10-12H2. The fraction of sp³-hybridized carbons (Fsp3) is 0.412. The fourth-order valence-corrected chi connectivity index (χ4v) is 3.43. The van der Waals surface area contributed by atoms with Gasteiger partial charge >= 0.3 is 0 Å². The second-order valence-electron chi connectivity index (χ2n) is 5.40. The van der Waals surface area contributed by atoms with Crippen LogP contribution in [0.3, 0.4) is 0 Å². The van der Waals surface area contributed by atoms with Gasteiger partial charge in [0, 0.05) is 31.0 Å². The molecular formula is C17H22N2S. The summed E-state index contributed by atoms with van der Waals surface area (Å²) in [5.74, 6) is 0. The van der Waals surface area contributed by atoms with Crippen LogP contribution in [0.1, 0.15) is 24.8 Å². The maximum absolute atomic E-state index is 3.50. The highest BCUT2D eigenvalue weighted by Crippen LogP contribution is 2.21. The molecule has 3 rings (SSSR count). The van der Waals surface area contributed by atoms with Crippen molar-refractivity contribution in [2.45, 2.75) is 25.7 Å². The summed E-state index contributed by atoms with van der Waals surface area (Å²) in [4.78, 5) is 2.50. The van der Waals surface area contributed by atoms with Crippen molar-refractivity contribution in [3.05, 3.63) is 46.7 Å². The molecule has 0 unspecified atom stereocenters. The van der Waals surface area contributed by atoms with E-state index in [9.17, 15) is 0 Å². The van der Waals surface area contributed by atoms with Crippen molar-refractivity contribution in [1.82, 2.24) is 0 Å². The van der Waals surface area contributed by atoms with E-state index in [1.54, 1.807) is 11.3 Å². The lowest BCUT2D eigenvalue weighted by atomic mass is 10.1. The van der Waals surface area contributed by atoms with Crippen molar-refractivity contribution >= 4 is 22.7 Å². The maximum atomic E-state index is 3.50. The minimum atomic E-state index is 1.000. The number of rotatable bonds is 5.